The van der Waals surface area contributed by atoms with Gasteiger partial charge in [-0.1, -0.05) is 30.7 Å². The number of benzene rings is 1. The zero-order chi connectivity index (χ0) is 13.7. The number of aromatic amines is 1. The summed E-state index contributed by atoms with van der Waals surface area (Å²) in [6, 6.07) is 6.85. The van der Waals surface area contributed by atoms with Gasteiger partial charge in [-0.25, -0.2) is 13.1 Å². The Morgan fingerprint density at radius 3 is 2.58 bits per heavy atom. The summed E-state index contributed by atoms with van der Waals surface area (Å²) in [6.45, 7) is 2.09. The Kier molecular flexibility index (Phi) is 4.23. The van der Waals surface area contributed by atoms with E-state index in [9.17, 15) is 8.42 Å². The minimum absolute atomic E-state index is 0.00947. The van der Waals surface area contributed by atoms with Crippen molar-refractivity contribution in [3.63, 3.8) is 0 Å². The molecule has 1 aromatic heterocycles. The van der Waals surface area contributed by atoms with Crippen LogP contribution in [0.15, 0.2) is 29.2 Å². The molecule has 19 heavy (non-hydrogen) atoms. The van der Waals surface area contributed by atoms with Crippen LogP contribution in [0.3, 0.4) is 0 Å². The predicted octanol–water partition coefficient (Wildman–Crippen LogP) is 0.631. The Balaban J connectivity index is 2.06. The van der Waals surface area contributed by atoms with E-state index in [0.29, 0.717) is 5.82 Å². The maximum Gasteiger partial charge on any atom is 0.240 e. The number of hydrogen-bond acceptors (Lipinski definition) is 5. The van der Waals surface area contributed by atoms with Gasteiger partial charge < -0.3 is 0 Å². The highest BCUT2D eigenvalue weighted by Gasteiger charge is 2.14. The van der Waals surface area contributed by atoms with Crippen LogP contribution in [0.1, 0.15) is 24.7 Å². The van der Waals surface area contributed by atoms with E-state index >= 15 is 0 Å². The molecule has 0 unspecified atom stereocenters. The standard InChI is InChI=1S/C11H15N5O2S/c1-2-3-9-4-6-10(7-5-9)19(17,18)12-8-11-13-15-16-14-11/h4-7,12H,2-3,8H2,1H3,(H,13,14,15,16). The van der Waals surface area contributed by atoms with E-state index in [1.54, 1.807) is 12.1 Å². The van der Waals surface area contributed by atoms with Gasteiger partial charge in [0.25, 0.3) is 0 Å². The van der Waals surface area contributed by atoms with E-state index in [1.807, 2.05) is 12.1 Å². The number of aryl methyl sites for hydroxylation is 1. The second-order valence-electron chi connectivity index (χ2n) is 4.05. The summed E-state index contributed by atoms with van der Waals surface area (Å²) in [5.74, 6) is 0.297. The van der Waals surface area contributed by atoms with Gasteiger partial charge in [-0.15, -0.1) is 10.2 Å². The van der Waals surface area contributed by atoms with Crippen LogP contribution in [-0.2, 0) is 23.0 Å². The molecule has 0 amide bonds. The van der Waals surface area contributed by atoms with Crippen molar-refractivity contribution in [3.8, 4) is 0 Å². The third-order valence-corrected chi connectivity index (χ3v) is 4.00. The Labute approximate surface area is 111 Å². The molecule has 0 radical (unpaired) electrons. The first-order valence-corrected chi connectivity index (χ1v) is 7.41. The van der Waals surface area contributed by atoms with Gasteiger partial charge in [-0.05, 0) is 24.1 Å². The Bertz CT molecular complexity index is 607. The highest BCUT2D eigenvalue weighted by molar-refractivity contribution is 7.89. The molecule has 0 saturated heterocycles. The van der Waals surface area contributed by atoms with Gasteiger partial charge in [-0.2, -0.15) is 5.21 Å². The van der Waals surface area contributed by atoms with Gasteiger partial charge in [0.15, 0.2) is 5.82 Å². The maximum absolute atomic E-state index is 12.0. The van der Waals surface area contributed by atoms with E-state index in [0.717, 1.165) is 18.4 Å². The fraction of sp³-hybridized carbons (Fsp3) is 0.364. The summed E-state index contributed by atoms with van der Waals surface area (Å²) in [6.07, 6.45) is 1.97. The highest BCUT2D eigenvalue weighted by Crippen LogP contribution is 2.11. The van der Waals surface area contributed by atoms with Crippen molar-refractivity contribution in [2.45, 2.75) is 31.2 Å². The third-order valence-electron chi connectivity index (χ3n) is 2.58. The largest absolute Gasteiger partial charge is 0.240 e. The van der Waals surface area contributed by atoms with Crippen molar-refractivity contribution >= 4 is 10.0 Å². The molecule has 0 fully saturated rings. The van der Waals surface area contributed by atoms with Crippen LogP contribution < -0.4 is 4.72 Å². The molecule has 0 bridgehead atoms. The van der Waals surface area contributed by atoms with Crippen molar-refractivity contribution in [1.29, 1.82) is 0 Å². The summed E-state index contributed by atoms with van der Waals surface area (Å²) in [4.78, 5) is 0.232. The van der Waals surface area contributed by atoms with Crippen molar-refractivity contribution in [2.24, 2.45) is 0 Å². The Morgan fingerprint density at radius 1 is 1.26 bits per heavy atom. The Morgan fingerprint density at radius 2 is 2.00 bits per heavy atom. The molecular formula is C11H15N5O2S. The molecule has 0 atom stereocenters. The van der Waals surface area contributed by atoms with E-state index in [4.69, 9.17) is 0 Å². The maximum atomic E-state index is 12.0. The first-order valence-electron chi connectivity index (χ1n) is 5.93. The minimum Gasteiger partial charge on any atom is -0.207 e. The van der Waals surface area contributed by atoms with Crippen LogP contribution >= 0.6 is 0 Å². The van der Waals surface area contributed by atoms with Crippen LogP contribution in [0.25, 0.3) is 0 Å². The predicted molar refractivity (Wildman–Crippen MR) is 68.6 cm³/mol. The van der Waals surface area contributed by atoms with E-state index in [1.165, 1.54) is 0 Å². The summed E-state index contributed by atoms with van der Waals surface area (Å²) in [5, 5.41) is 13.0. The summed E-state index contributed by atoms with van der Waals surface area (Å²) in [5.41, 5.74) is 1.12. The molecule has 2 aromatic rings. The van der Waals surface area contributed by atoms with Crippen LogP contribution in [0.4, 0.5) is 0 Å². The lowest BCUT2D eigenvalue weighted by molar-refractivity contribution is 0.579. The summed E-state index contributed by atoms with van der Waals surface area (Å²) < 4.78 is 26.4. The summed E-state index contributed by atoms with van der Waals surface area (Å²) in [7, 11) is -3.54. The van der Waals surface area contributed by atoms with Crippen LogP contribution in [-0.4, -0.2) is 29.0 Å². The number of nitrogens with zero attached hydrogens (tertiary/aromatic N) is 3. The fourth-order valence-corrected chi connectivity index (χ4v) is 2.60. The smallest absolute Gasteiger partial charge is 0.207 e. The topological polar surface area (TPSA) is 101 Å². The second kappa shape index (κ2) is 5.89. The van der Waals surface area contributed by atoms with Crippen molar-refractivity contribution in [2.75, 3.05) is 0 Å². The van der Waals surface area contributed by atoms with Gasteiger partial charge >= 0.3 is 0 Å². The average Bonchev–Trinajstić information content (AvgIpc) is 2.91. The van der Waals surface area contributed by atoms with Crippen LogP contribution in [0, 0.1) is 0 Å². The van der Waals surface area contributed by atoms with Crippen molar-refractivity contribution < 1.29 is 8.42 Å². The molecule has 0 spiro atoms. The molecule has 102 valence electrons. The first-order chi connectivity index (χ1) is 9.12. The van der Waals surface area contributed by atoms with Crippen LogP contribution in [0.2, 0.25) is 0 Å². The number of hydrogen-bond donors (Lipinski definition) is 2. The molecule has 2 rings (SSSR count). The number of H-pyrrole nitrogens is 1. The summed E-state index contributed by atoms with van der Waals surface area (Å²) >= 11 is 0. The van der Waals surface area contributed by atoms with Gasteiger partial charge in [-0.3, -0.25) is 0 Å². The normalized spacial score (nSPS) is 11.6. The number of sulfonamides is 1. The molecule has 1 aromatic carbocycles. The SMILES string of the molecule is CCCc1ccc(S(=O)(=O)NCc2nn[nH]n2)cc1. The van der Waals surface area contributed by atoms with E-state index in [-0.39, 0.29) is 11.4 Å². The van der Waals surface area contributed by atoms with Gasteiger partial charge in [0.1, 0.15) is 0 Å². The molecule has 2 N–H and O–H groups in total. The molecule has 0 saturated carbocycles. The zero-order valence-corrected chi connectivity index (χ0v) is 11.3. The molecule has 1 heterocycles. The molecule has 8 heteroatoms. The molecular weight excluding hydrogens is 266 g/mol. The van der Waals surface area contributed by atoms with Gasteiger partial charge in [0.05, 0.1) is 11.4 Å². The number of nitrogens with one attached hydrogen (secondary N) is 2. The molecule has 7 nitrogen and oxygen atoms in total. The highest BCUT2D eigenvalue weighted by atomic mass is 32.2. The average molecular weight is 281 g/mol. The number of tetrazole rings is 1. The molecule has 0 aliphatic carbocycles. The first kappa shape index (κ1) is 13.6. The van der Waals surface area contributed by atoms with Crippen molar-refractivity contribution in [3.05, 3.63) is 35.7 Å². The van der Waals surface area contributed by atoms with Crippen LogP contribution in [0.5, 0.6) is 0 Å². The number of aromatic nitrogens is 4. The monoisotopic (exact) mass is 281 g/mol. The minimum atomic E-state index is -3.54. The number of rotatable bonds is 6. The molecule has 0 aliphatic rings. The molecule has 0 aliphatic heterocycles. The lowest BCUT2D eigenvalue weighted by Crippen LogP contribution is -2.23. The van der Waals surface area contributed by atoms with E-state index in [2.05, 4.69) is 32.3 Å². The Hall–Kier alpha value is -1.80. The lowest BCUT2D eigenvalue weighted by Gasteiger charge is -2.05. The van der Waals surface area contributed by atoms with Gasteiger partial charge in [0.2, 0.25) is 10.0 Å². The van der Waals surface area contributed by atoms with Gasteiger partial charge in [0, 0.05) is 0 Å². The fourth-order valence-electron chi connectivity index (χ4n) is 1.62. The second-order valence-corrected chi connectivity index (χ2v) is 5.81. The third kappa shape index (κ3) is 3.58. The zero-order valence-electron chi connectivity index (χ0n) is 10.5. The quantitative estimate of drug-likeness (QED) is 0.808. The lowest BCUT2D eigenvalue weighted by atomic mass is 10.1. The van der Waals surface area contributed by atoms with E-state index < -0.39 is 10.0 Å². The van der Waals surface area contributed by atoms with Crippen molar-refractivity contribution in [1.82, 2.24) is 25.3 Å².